The second-order valence-electron chi connectivity index (χ2n) is 6.10. The van der Waals surface area contributed by atoms with Gasteiger partial charge in [0, 0.05) is 18.2 Å². The van der Waals surface area contributed by atoms with Crippen LogP contribution in [0, 0.1) is 0 Å². The van der Waals surface area contributed by atoms with Crippen molar-refractivity contribution in [2.75, 3.05) is 26.1 Å². The molecule has 2 amide bonds. The van der Waals surface area contributed by atoms with Crippen molar-refractivity contribution in [3.63, 3.8) is 0 Å². The molecule has 9 heteroatoms. The fourth-order valence-corrected chi connectivity index (χ4v) is 3.07. The summed E-state index contributed by atoms with van der Waals surface area (Å²) in [5, 5.41) is 7.20. The maximum absolute atomic E-state index is 12.6. The Labute approximate surface area is 165 Å². The molecular weight excluding hydrogens is 384 g/mol. The lowest BCUT2D eigenvalue weighted by Crippen LogP contribution is -2.30. The van der Waals surface area contributed by atoms with Crippen LogP contribution in [0.2, 0.25) is 0 Å². The lowest BCUT2D eigenvalue weighted by Gasteiger charge is -2.15. The molecule has 3 rings (SSSR count). The molecule has 1 aliphatic rings. The molecule has 1 aromatic heterocycles. The third kappa shape index (κ3) is 4.80. The van der Waals surface area contributed by atoms with Crippen LogP contribution in [0.15, 0.2) is 29.6 Å². The smallest absolute Gasteiger partial charge is 0.340 e. The van der Waals surface area contributed by atoms with Gasteiger partial charge in [0.15, 0.2) is 18.1 Å². The number of rotatable bonds is 8. The second-order valence-corrected chi connectivity index (χ2v) is 7.05. The van der Waals surface area contributed by atoms with Gasteiger partial charge < -0.3 is 24.8 Å². The Morgan fingerprint density at radius 3 is 2.46 bits per heavy atom. The lowest BCUT2D eigenvalue weighted by molar-refractivity contribution is -0.124. The standard InChI is InChI=1S/C19H20N2O6S/c1-25-14-8-12(19(24)27-10-17(22)20-11-5-6-11)13(9-15(14)26-2)21-18(23)16-4-3-7-28-16/h3-4,7-9,11H,5-6,10H2,1-2H3,(H,20,22)(H,21,23). The van der Waals surface area contributed by atoms with Crippen LogP contribution in [-0.4, -0.2) is 44.7 Å². The van der Waals surface area contributed by atoms with Gasteiger partial charge >= 0.3 is 5.97 Å². The molecule has 1 saturated carbocycles. The van der Waals surface area contributed by atoms with Gasteiger partial charge in [-0.3, -0.25) is 9.59 Å². The van der Waals surface area contributed by atoms with Crippen molar-refractivity contribution in [3.8, 4) is 11.5 Å². The molecule has 0 unspecified atom stereocenters. The number of hydrogen-bond acceptors (Lipinski definition) is 7. The number of thiophene rings is 1. The Kier molecular flexibility index (Phi) is 6.15. The van der Waals surface area contributed by atoms with Crippen molar-refractivity contribution in [1.82, 2.24) is 5.32 Å². The highest BCUT2D eigenvalue weighted by atomic mass is 32.1. The first-order valence-electron chi connectivity index (χ1n) is 8.59. The largest absolute Gasteiger partial charge is 0.493 e. The van der Waals surface area contributed by atoms with Crippen LogP contribution in [-0.2, 0) is 9.53 Å². The van der Waals surface area contributed by atoms with E-state index < -0.39 is 12.6 Å². The predicted molar refractivity (Wildman–Crippen MR) is 103 cm³/mol. The fraction of sp³-hybridized carbons (Fsp3) is 0.316. The number of benzene rings is 1. The van der Waals surface area contributed by atoms with E-state index in [1.807, 2.05) is 0 Å². The number of nitrogens with one attached hydrogen (secondary N) is 2. The molecule has 148 valence electrons. The van der Waals surface area contributed by atoms with E-state index in [2.05, 4.69) is 10.6 Å². The van der Waals surface area contributed by atoms with E-state index in [1.54, 1.807) is 17.5 Å². The molecule has 1 aromatic carbocycles. The first-order chi connectivity index (χ1) is 13.5. The van der Waals surface area contributed by atoms with Gasteiger partial charge in [-0.15, -0.1) is 11.3 Å². The van der Waals surface area contributed by atoms with Gasteiger partial charge in [-0.05, 0) is 24.3 Å². The molecular formula is C19H20N2O6S. The quantitative estimate of drug-likeness (QED) is 0.655. The van der Waals surface area contributed by atoms with Crippen LogP contribution in [0.4, 0.5) is 5.69 Å². The SMILES string of the molecule is COc1cc(NC(=O)c2cccs2)c(C(=O)OCC(=O)NC2CC2)cc1OC. The highest BCUT2D eigenvalue weighted by molar-refractivity contribution is 7.12. The predicted octanol–water partition coefficient (Wildman–Crippen LogP) is 2.45. The van der Waals surface area contributed by atoms with Crippen LogP contribution >= 0.6 is 11.3 Å². The zero-order valence-electron chi connectivity index (χ0n) is 15.4. The summed E-state index contributed by atoms with van der Waals surface area (Å²) < 4.78 is 15.6. The van der Waals surface area contributed by atoms with Crippen molar-refractivity contribution in [1.29, 1.82) is 0 Å². The zero-order valence-corrected chi connectivity index (χ0v) is 16.3. The van der Waals surface area contributed by atoms with Gasteiger partial charge in [0.1, 0.15) is 0 Å². The Hall–Kier alpha value is -3.07. The molecule has 0 saturated heterocycles. The summed E-state index contributed by atoms with van der Waals surface area (Å²) in [6.45, 7) is -0.401. The average molecular weight is 404 g/mol. The topological polar surface area (TPSA) is 103 Å². The third-order valence-corrected chi connectivity index (χ3v) is 4.88. The number of hydrogen-bond donors (Lipinski definition) is 2. The van der Waals surface area contributed by atoms with Crippen molar-refractivity contribution >= 4 is 34.8 Å². The molecule has 0 radical (unpaired) electrons. The van der Waals surface area contributed by atoms with Crippen molar-refractivity contribution in [2.45, 2.75) is 18.9 Å². The number of carbonyl (C=O) groups is 3. The summed E-state index contributed by atoms with van der Waals surface area (Å²) in [6, 6.07) is 6.48. The Balaban J connectivity index is 1.80. The molecule has 2 N–H and O–H groups in total. The van der Waals surface area contributed by atoms with Crippen molar-refractivity contribution in [3.05, 3.63) is 40.1 Å². The molecule has 0 atom stereocenters. The molecule has 0 aliphatic heterocycles. The van der Waals surface area contributed by atoms with Crippen molar-refractivity contribution in [2.24, 2.45) is 0 Å². The molecule has 1 heterocycles. The summed E-state index contributed by atoms with van der Waals surface area (Å²) in [4.78, 5) is 37.2. The van der Waals surface area contributed by atoms with Gasteiger partial charge in [-0.1, -0.05) is 6.07 Å². The normalized spacial score (nSPS) is 12.8. The molecule has 8 nitrogen and oxygen atoms in total. The van der Waals surface area contributed by atoms with Crippen molar-refractivity contribution < 1.29 is 28.6 Å². The maximum atomic E-state index is 12.6. The van der Waals surface area contributed by atoms with Gasteiger partial charge in [-0.25, -0.2) is 4.79 Å². The van der Waals surface area contributed by atoms with Gasteiger partial charge in [0.2, 0.25) is 0 Å². The first-order valence-corrected chi connectivity index (χ1v) is 9.47. The van der Waals surface area contributed by atoms with Gasteiger partial charge in [-0.2, -0.15) is 0 Å². The number of amides is 2. The zero-order chi connectivity index (χ0) is 20.1. The molecule has 28 heavy (non-hydrogen) atoms. The molecule has 1 fully saturated rings. The Bertz CT molecular complexity index is 877. The third-order valence-electron chi connectivity index (χ3n) is 4.01. The van der Waals surface area contributed by atoms with Crippen LogP contribution in [0.25, 0.3) is 0 Å². The van der Waals surface area contributed by atoms with E-state index >= 15 is 0 Å². The molecule has 0 spiro atoms. The Morgan fingerprint density at radius 2 is 1.86 bits per heavy atom. The minimum Gasteiger partial charge on any atom is -0.493 e. The summed E-state index contributed by atoms with van der Waals surface area (Å²) in [6.07, 6.45) is 1.88. The summed E-state index contributed by atoms with van der Waals surface area (Å²) >= 11 is 1.27. The average Bonchev–Trinajstić information content (AvgIpc) is 3.32. The molecule has 2 aromatic rings. The highest BCUT2D eigenvalue weighted by Crippen LogP contribution is 2.34. The summed E-state index contributed by atoms with van der Waals surface area (Å²) in [5.41, 5.74) is 0.255. The van der Waals surface area contributed by atoms with E-state index in [0.29, 0.717) is 16.4 Å². The minimum absolute atomic E-state index is 0.0572. The summed E-state index contributed by atoms with van der Waals surface area (Å²) in [5.74, 6) is -0.852. The molecule has 1 aliphatic carbocycles. The van der Waals surface area contributed by atoms with E-state index in [0.717, 1.165) is 12.8 Å². The number of anilines is 1. The van der Waals surface area contributed by atoms with E-state index in [1.165, 1.54) is 37.7 Å². The van der Waals surface area contributed by atoms with Gasteiger partial charge in [0.05, 0.1) is 30.3 Å². The number of methoxy groups -OCH3 is 2. The monoisotopic (exact) mass is 404 g/mol. The highest BCUT2D eigenvalue weighted by Gasteiger charge is 2.25. The number of ether oxygens (including phenoxy) is 3. The van der Waals surface area contributed by atoms with Gasteiger partial charge in [0.25, 0.3) is 11.8 Å². The van der Waals surface area contributed by atoms with E-state index in [9.17, 15) is 14.4 Å². The fourth-order valence-electron chi connectivity index (χ4n) is 2.45. The van der Waals surface area contributed by atoms with Crippen LogP contribution in [0.3, 0.4) is 0 Å². The number of esters is 1. The Morgan fingerprint density at radius 1 is 1.14 bits per heavy atom. The first kappa shape index (κ1) is 19.7. The maximum Gasteiger partial charge on any atom is 0.340 e. The second kappa shape index (κ2) is 8.75. The van der Waals surface area contributed by atoms with E-state index in [-0.39, 0.29) is 29.1 Å². The van der Waals surface area contributed by atoms with E-state index in [4.69, 9.17) is 14.2 Å². The van der Waals surface area contributed by atoms with Crippen LogP contribution in [0.5, 0.6) is 11.5 Å². The minimum atomic E-state index is -0.756. The summed E-state index contributed by atoms with van der Waals surface area (Å²) in [7, 11) is 2.88. The van der Waals surface area contributed by atoms with Crippen LogP contribution < -0.4 is 20.1 Å². The molecule has 0 bridgehead atoms. The van der Waals surface area contributed by atoms with Crippen LogP contribution in [0.1, 0.15) is 32.9 Å². The number of carbonyl (C=O) groups excluding carboxylic acids is 3. The lowest BCUT2D eigenvalue weighted by atomic mass is 10.1.